The first-order chi connectivity index (χ1) is 18.3. The number of phenols is 2. The van der Waals surface area contributed by atoms with Crippen LogP contribution in [0.25, 0.3) is 0 Å². The summed E-state index contributed by atoms with van der Waals surface area (Å²) in [5.74, 6) is -1.12. The molecule has 0 fully saturated rings. The standard InChI is InChI=1S/C27H37NO10/c1-4-19-20(16-25(33)28(7-9-29)8-10-30)26(22(32)17-21(19)31)27(34)18-5-6-23(37-13-11-35-2)24(15-18)38-14-12-36-3/h5-6,15,17,29-32H,4,7-14,16H2,1-3H3. The van der Waals surface area contributed by atoms with Gasteiger partial charge in [0.2, 0.25) is 5.91 Å². The highest BCUT2D eigenvalue weighted by Gasteiger charge is 2.27. The Morgan fingerprint density at radius 1 is 0.816 bits per heavy atom. The first-order valence-corrected chi connectivity index (χ1v) is 12.3. The molecule has 2 aromatic rings. The maximum atomic E-state index is 13.7. The van der Waals surface area contributed by atoms with E-state index in [0.29, 0.717) is 24.5 Å². The lowest BCUT2D eigenvalue weighted by atomic mass is 9.89. The molecule has 0 bridgehead atoms. The third kappa shape index (κ3) is 8.06. The zero-order chi connectivity index (χ0) is 28.1. The van der Waals surface area contributed by atoms with Crippen molar-refractivity contribution in [2.24, 2.45) is 0 Å². The highest BCUT2D eigenvalue weighted by atomic mass is 16.5. The van der Waals surface area contributed by atoms with Crippen LogP contribution in [0.4, 0.5) is 0 Å². The number of aliphatic hydroxyl groups excluding tert-OH is 2. The van der Waals surface area contributed by atoms with Crippen molar-refractivity contribution in [1.29, 1.82) is 0 Å². The minimum atomic E-state index is -0.587. The zero-order valence-corrected chi connectivity index (χ0v) is 22.1. The van der Waals surface area contributed by atoms with Crippen LogP contribution in [0.1, 0.15) is 34.0 Å². The van der Waals surface area contributed by atoms with Gasteiger partial charge in [-0.05, 0) is 35.7 Å². The lowest BCUT2D eigenvalue weighted by molar-refractivity contribution is -0.131. The van der Waals surface area contributed by atoms with E-state index in [0.717, 1.165) is 6.07 Å². The molecule has 0 radical (unpaired) electrons. The summed E-state index contributed by atoms with van der Waals surface area (Å²) in [7, 11) is 3.08. The van der Waals surface area contributed by atoms with E-state index >= 15 is 0 Å². The molecular formula is C27H37NO10. The van der Waals surface area contributed by atoms with Crippen molar-refractivity contribution in [3.8, 4) is 23.0 Å². The van der Waals surface area contributed by atoms with Gasteiger partial charge in [-0.15, -0.1) is 0 Å². The summed E-state index contributed by atoms with van der Waals surface area (Å²) in [5, 5.41) is 39.8. The Bertz CT molecular complexity index is 1070. The molecule has 0 saturated carbocycles. The van der Waals surface area contributed by atoms with E-state index in [4.69, 9.17) is 18.9 Å². The van der Waals surface area contributed by atoms with Gasteiger partial charge in [0.05, 0.1) is 38.4 Å². The highest BCUT2D eigenvalue weighted by Crippen LogP contribution is 2.36. The number of amides is 1. The predicted octanol–water partition coefficient (Wildman–Crippen LogP) is 1.30. The molecule has 0 saturated heterocycles. The second-order valence-corrected chi connectivity index (χ2v) is 8.28. The van der Waals surface area contributed by atoms with E-state index in [1.165, 1.54) is 24.1 Å². The molecular weight excluding hydrogens is 498 g/mol. The van der Waals surface area contributed by atoms with Crippen molar-refractivity contribution in [1.82, 2.24) is 4.90 Å². The van der Waals surface area contributed by atoms with Gasteiger partial charge in [-0.1, -0.05) is 6.92 Å². The van der Waals surface area contributed by atoms with E-state index in [1.807, 2.05) is 0 Å². The molecule has 1 amide bonds. The van der Waals surface area contributed by atoms with Crippen molar-refractivity contribution in [2.75, 3.05) is 67.0 Å². The SMILES string of the molecule is CCc1c(O)cc(O)c(C(=O)c2ccc(OCCOC)c(OCCOC)c2)c1CC(=O)N(CCO)CCO. The van der Waals surface area contributed by atoms with Gasteiger partial charge in [0.15, 0.2) is 17.3 Å². The number of carbonyl (C=O) groups is 2. The van der Waals surface area contributed by atoms with E-state index in [-0.39, 0.29) is 80.5 Å². The number of aromatic hydroxyl groups is 2. The van der Waals surface area contributed by atoms with Crippen LogP contribution in [0.15, 0.2) is 24.3 Å². The topological polar surface area (TPSA) is 155 Å². The van der Waals surface area contributed by atoms with E-state index < -0.39 is 17.4 Å². The number of hydrogen-bond donors (Lipinski definition) is 4. The summed E-state index contributed by atoms with van der Waals surface area (Å²) in [6.45, 7) is 2.21. The number of nitrogens with zero attached hydrogens (tertiary/aromatic N) is 1. The van der Waals surface area contributed by atoms with Crippen LogP contribution >= 0.6 is 0 Å². The Kier molecular flexibility index (Phi) is 12.8. The first kappa shape index (κ1) is 30.8. The van der Waals surface area contributed by atoms with E-state index in [9.17, 15) is 30.0 Å². The summed E-state index contributed by atoms with van der Waals surface area (Å²) < 4.78 is 21.5. The molecule has 2 rings (SSSR count). The monoisotopic (exact) mass is 535 g/mol. The number of benzene rings is 2. The second kappa shape index (κ2) is 15.8. The molecule has 0 aliphatic heterocycles. The molecule has 4 N–H and O–H groups in total. The lowest BCUT2D eigenvalue weighted by Gasteiger charge is -2.23. The van der Waals surface area contributed by atoms with Crippen molar-refractivity contribution in [3.05, 3.63) is 46.5 Å². The van der Waals surface area contributed by atoms with Crippen molar-refractivity contribution in [2.45, 2.75) is 19.8 Å². The first-order valence-electron chi connectivity index (χ1n) is 12.3. The largest absolute Gasteiger partial charge is 0.508 e. The van der Waals surface area contributed by atoms with E-state index in [2.05, 4.69) is 0 Å². The fourth-order valence-corrected chi connectivity index (χ4v) is 3.95. The molecule has 210 valence electrons. The van der Waals surface area contributed by atoms with Crippen molar-refractivity contribution < 1.29 is 49.0 Å². The van der Waals surface area contributed by atoms with Crippen molar-refractivity contribution in [3.63, 3.8) is 0 Å². The number of ketones is 1. The maximum absolute atomic E-state index is 13.7. The summed E-state index contributed by atoms with van der Waals surface area (Å²) >= 11 is 0. The Labute approximate surface area is 222 Å². The predicted molar refractivity (Wildman–Crippen MR) is 138 cm³/mol. The van der Waals surface area contributed by atoms with E-state index in [1.54, 1.807) is 20.1 Å². The number of methoxy groups -OCH3 is 2. The number of carbonyl (C=O) groups excluding carboxylic acids is 2. The quantitative estimate of drug-likeness (QED) is 0.172. The third-order valence-corrected chi connectivity index (χ3v) is 5.80. The number of rotatable bonds is 17. The number of aliphatic hydroxyl groups is 2. The average molecular weight is 536 g/mol. The van der Waals surface area contributed by atoms with Crippen LogP contribution < -0.4 is 9.47 Å². The number of hydrogen-bond acceptors (Lipinski definition) is 10. The fraction of sp³-hybridized carbons (Fsp3) is 0.481. The second-order valence-electron chi connectivity index (χ2n) is 8.28. The molecule has 0 spiro atoms. The molecule has 2 aromatic carbocycles. The van der Waals surface area contributed by atoms with Gasteiger partial charge in [0.25, 0.3) is 0 Å². The minimum absolute atomic E-state index is 0.0123. The van der Waals surface area contributed by atoms with Crippen molar-refractivity contribution >= 4 is 11.7 Å². The number of phenolic OH excluding ortho intramolecular Hbond substituents is 2. The van der Waals surface area contributed by atoms with Crippen LogP contribution in [0.5, 0.6) is 23.0 Å². The Balaban J connectivity index is 2.54. The lowest BCUT2D eigenvalue weighted by Crippen LogP contribution is -2.37. The van der Waals surface area contributed by atoms with Crippen LogP contribution in [0, 0.1) is 0 Å². The van der Waals surface area contributed by atoms with Gasteiger partial charge >= 0.3 is 0 Å². The molecule has 11 heteroatoms. The molecule has 0 unspecified atom stereocenters. The van der Waals surface area contributed by atoms with Crippen LogP contribution in [-0.2, 0) is 27.1 Å². The minimum Gasteiger partial charge on any atom is -0.508 e. The molecule has 38 heavy (non-hydrogen) atoms. The maximum Gasteiger partial charge on any atom is 0.227 e. The zero-order valence-electron chi connectivity index (χ0n) is 22.1. The molecule has 11 nitrogen and oxygen atoms in total. The Hall–Kier alpha value is -3.38. The van der Waals surface area contributed by atoms with Gasteiger partial charge in [0, 0.05) is 38.9 Å². The summed E-state index contributed by atoms with van der Waals surface area (Å²) in [4.78, 5) is 28.0. The van der Waals surface area contributed by atoms with Gasteiger partial charge in [-0.2, -0.15) is 0 Å². The van der Waals surface area contributed by atoms with Gasteiger partial charge < -0.3 is 44.3 Å². The molecule has 0 aliphatic carbocycles. The van der Waals surface area contributed by atoms with Gasteiger partial charge in [-0.25, -0.2) is 0 Å². The molecule has 0 heterocycles. The smallest absolute Gasteiger partial charge is 0.227 e. The number of ether oxygens (including phenoxy) is 4. The molecule has 0 aromatic heterocycles. The van der Waals surface area contributed by atoms with Gasteiger partial charge in [0.1, 0.15) is 24.7 Å². The molecule has 0 aliphatic rings. The van der Waals surface area contributed by atoms with Crippen LogP contribution in [0.2, 0.25) is 0 Å². The summed E-state index contributed by atoms with van der Waals surface area (Å²) in [5.41, 5.74) is 0.541. The Morgan fingerprint density at radius 3 is 1.97 bits per heavy atom. The Morgan fingerprint density at radius 2 is 1.42 bits per heavy atom. The summed E-state index contributed by atoms with van der Waals surface area (Å²) in [6, 6.07) is 5.64. The highest BCUT2D eigenvalue weighted by molar-refractivity contribution is 6.12. The van der Waals surface area contributed by atoms with Gasteiger partial charge in [-0.3, -0.25) is 9.59 Å². The normalized spacial score (nSPS) is 10.9. The summed E-state index contributed by atoms with van der Waals surface area (Å²) in [6.07, 6.45) is -0.0473. The molecule has 0 atom stereocenters. The van der Waals surface area contributed by atoms with Crippen LogP contribution in [-0.4, -0.2) is 104 Å². The van der Waals surface area contributed by atoms with Crippen LogP contribution in [0.3, 0.4) is 0 Å². The average Bonchev–Trinajstić information content (AvgIpc) is 2.89. The third-order valence-electron chi connectivity index (χ3n) is 5.80. The fourth-order valence-electron chi connectivity index (χ4n) is 3.95.